The molecular formula is C17H15N3O3. The van der Waals surface area contributed by atoms with Crippen molar-refractivity contribution in [3.63, 3.8) is 0 Å². The molecule has 0 fully saturated rings. The van der Waals surface area contributed by atoms with Crippen molar-refractivity contribution in [2.75, 3.05) is 5.32 Å². The van der Waals surface area contributed by atoms with Gasteiger partial charge in [0.25, 0.3) is 5.91 Å². The largest absolute Gasteiger partial charge is 0.451 e. The smallest absolute Gasteiger partial charge is 0.292 e. The van der Waals surface area contributed by atoms with Crippen molar-refractivity contribution in [2.24, 2.45) is 0 Å². The number of imidazole rings is 1. The van der Waals surface area contributed by atoms with Crippen LogP contribution in [0.2, 0.25) is 0 Å². The van der Waals surface area contributed by atoms with E-state index in [1.807, 2.05) is 4.57 Å². The molecule has 116 valence electrons. The van der Waals surface area contributed by atoms with Crippen LogP contribution < -0.4 is 10.7 Å². The molecule has 1 aromatic carbocycles. The molecule has 23 heavy (non-hydrogen) atoms. The molecule has 1 amide bonds. The first-order chi connectivity index (χ1) is 11.2. The molecule has 0 spiro atoms. The van der Waals surface area contributed by atoms with Gasteiger partial charge >= 0.3 is 0 Å². The maximum absolute atomic E-state index is 12.4. The number of hydrogen-bond donors (Lipinski definition) is 1. The van der Waals surface area contributed by atoms with E-state index in [9.17, 15) is 9.59 Å². The Morgan fingerprint density at radius 1 is 1.26 bits per heavy atom. The Bertz CT molecular complexity index is 955. The molecule has 1 N–H and O–H groups in total. The van der Waals surface area contributed by atoms with E-state index in [0.29, 0.717) is 16.8 Å². The minimum absolute atomic E-state index is 0.0000550. The fraction of sp³-hybridized carbons (Fsp3) is 0.235. The van der Waals surface area contributed by atoms with Crippen molar-refractivity contribution >= 4 is 22.7 Å². The van der Waals surface area contributed by atoms with Crippen molar-refractivity contribution < 1.29 is 9.21 Å². The molecule has 3 aromatic rings. The van der Waals surface area contributed by atoms with E-state index in [1.165, 1.54) is 6.07 Å². The summed E-state index contributed by atoms with van der Waals surface area (Å²) in [4.78, 5) is 28.8. The minimum atomic E-state index is -0.443. The molecule has 1 aliphatic rings. The summed E-state index contributed by atoms with van der Waals surface area (Å²) in [7, 11) is 0. The van der Waals surface area contributed by atoms with Crippen LogP contribution in [0, 0.1) is 0 Å². The second kappa shape index (κ2) is 5.39. The fourth-order valence-electron chi connectivity index (χ4n) is 2.91. The molecule has 0 radical (unpaired) electrons. The number of benzene rings is 1. The van der Waals surface area contributed by atoms with Crippen molar-refractivity contribution in [2.45, 2.75) is 25.8 Å². The number of amides is 1. The summed E-state index contributed by atoms with van der Waals surface area (Å²) in [5, 5.41) is 3.25. The normalized spacial score (nSPS) is 13.7. The predicted octanol–water partition coefficient (Wildman–Crippen LogP) is 2.58. The van der Waals surface area contributed by atoms with Gasteiger partial charge in [0.15, 0.2) is 11.2 Å². The summed E-state index contributed by atoms with van der Waals surface area (Å²) in [6.07, 6.45) is 4.75. The van der Waals surface area contributed by atoms with Crippen molar-refractivity contribution in [1.29, 1.82) is 0 Å². The van der Waals surface area contributed by atoms with Crippen molar-refractivity contribution in [1.82, 2.24) is 9.55 Å². The fourth-order valence-corrected chi connectivity index (χ4v) is 2.91. The number of nitrogens with one attached hydrogen (secondary N) is 1. The Labute approximate surface area is 131 Å². The van der Waals surface area contributed by atoms with Crippen molar-refractivity contribution in [3.8, 4) is 0 Å². The summed E-state index contributed by atoms with van der Waals surface area (Å²) < 4.78 is 7.56. The van der Waals surface area contributed by atoms with Crippen LogP contribution >= 0.6 is 0 Å². The SMILES string of the molecule is O=C(Nc1cnc2n1CCCC2)c1cc(=O)c2ccccc2o1. The summed E-state index contributed by atoms with van der Waals surface area (Å²) >= 11 is 0. The van der Waals surface area contributed by atoms with Crippen LogP contribution in [-0.4, -0.2) is 15.5 Å². The van der Waals surface area contributed by atoms with E-state index >= 15 is 0 Å². The van der Waals surface area contributed by atoms with Gasteiger partial charge in [-0.05, 0) is 25.0 Å². The zero-order valence-corrected chi connectivity index (χ0v) is 12.4. The van der Waals surface area contributed by atoms with Gasteiger partial charge in [0.05, 0.1) is 11.6 Å². The first-order valence-electron chi connectivity index (χ1n) is 7.61. The van der Waals surface area contributed by atoms with E-state index in [4.69, 9.17) is 4.42 Å². The molecule has 4 rings (SSSR count). The van der Waals surface area contributed by atoms with E-state index in [2.05, 4.69) is 10.3 Å². The average Bonchev–Trinajstić information content (AvgIpc) is 2.98. The topological polar surface area (TPSA) is 77.1 Å². The lowest BCUT2D eigenvalue weighted by Gasteiger charge is -2.16. The number of carbonyl (C=O) groups excluding carboxylic acids is 1. The van der Waals surface area contributed by atoms with Crippen LogP contribution in [-0.2, 0) is 13.0 Å². The molecule has 6 heteroatoms. The highest BCUT2D eigenvalue weighted by Crippen LogP contribution is 2.20. The zero-order valence-electron chi connectivity index (χ0n) is 12.4. The molecule has 2 aromatic heterocycles. The molecule has 0 saturated carbocycles. The lowest BCUT2D eigenvalue weighted by Crippen LogP contribution is -2.19. The lowest BCUT2D eigenvalue weighted by atomic mass is 10.2. The molecule has 0 atom stereocenters. The van der Waals surface area contributed by atoms with Gasteiger partial charge in [0.1, 0.15) is 17.2 Å². The first-order valence-corrected chi connectivity index (χ1v) is 7.61. The molecule has 0 aliphatic carbocycles. The molecule has 3 heterocycles. The van der Waals surface area contributed by atoms with E-state index in [1.54, 1.807) is 30.5 Å². The lowest BCUT2D eigenvalue weighted by molar-refractivity contribution is 0.0996. The maximum atomic E-state index is 12.4. The Morgan fingerprint density at radius 3 is 3.04 bits per heavy atom. The third-order valence-corrected chi connectivity index (χ3v) is 4.07. The molecule has 1 aliphatic heterocycles. The van der Waals surface area contributed by atoms with Gasteiger partial charge in [-0.2, -0.15) is 0 Å². The summed E-state index contributed by atoms with van der Waals surface area (Å²) in [5.74, 6) is 1.17. The standard InChI is InChI=1S/C17H15N3O3/c21-12-9-14(23-13-6-2-1-5-11(12)13)17(22)19-16-10-18-15-7-3-4-8-20(15)16/h1-2,5-6,9-10H,3-4,7-8H2,(H,19,22). The summed E-state index contributed by atoms with van der Waals surface area (Å²) in [5.41, 5.74) is 0.174. The zero-order chi connectivity index (χ0) is 15.8. The molecule has 6 nitrogen and oxygen atoms in total. The van der Waals surface area contributed by atoms with Crippen LogP contribution in [0.15, 0.2) is 45.7 Å². The number of rotatable bonds is 2. The molecule has 0 bridgehead atoms. The minimum Gasteiger partial charge on any atom is -0.451 e. The number of anilines is 1. The number of aryl methyl sites for hydroxylation is 1. The molecule has 0 unspecified atom stereocenters. The van der Waals surface area contributed by atoms with Gasteiger partial charge in [-0.3, -0.25) is 9.59 Å². The average molecular weight is 309 g/mol. The monoisotopic (exact) mass is 309 g/mol. The van der Waals surface area contributed by atoms with Crippen LogP contribution in [0.4, 0.5) is 5.82 Å². The summed E-state index contributed by atoms with van der Waals surface area (Å²) in [6.45, 7) is 0.840. The number of nitrogens with zero attached hydrogens (tertiary/aromatic N) is 2. The Morgan fingerprint density at radius 2 is 2.13 bits per heavy atom. The third-order valence-electron chi connectivity index (χ3n) is 4.07. The quantitative estimate of drug-likeness (QED) is 0.789. The number of hydrogen-bond acceptors (Lipinski definition) is 4. The number of aromatic nitrogens is 2. The second-order valence-electron chi connectivity index (χ2n) is 5.59. The van der Waals surface area contributed by atoms with Gasteiger partial charge in [-0.25, -0.2) is 4.98 Å². The van der Waals surface area contributed by atoms with Crippen LogP contribution in [0.1, 0.15) is 29.2 Å². The van der Waals surface area contributed by atoms with Gasteiger partial charge in [0.2, 0.25) is 0 Å². The van der Waals surface area contributed by atoms with Gasteiger partial charge < -0.3 is 14.3 Å². The highest BCUT2D eigenvalue weighted by atomic mass is 16.3. The first kappa shape index (κ1) is 13.8. The van der Waals surface area contributed by atoms with E-state index in [0.717, 1.165) is 31.6 Å². The molecule has 0 saturated heterocycles. The maximum Gasteiger partial charge on any atom is 0.292 e. The predicted molar refractivity (Wildman–Crippen MR) is 85.6 cm³/mol. The van der Waals surface area contributed by atoms with Crippen molar-refractivity contribution in [3.05, 3.63) is 58.3 Å². The Hall–Kier alpha value is -2.89. The Kier molecular flexibility index (Phi) is 3.22. The van der Waals surface area contributed by atoms with E-state index in [-0.39, 0.29) is 11.2 Å². The third kappa shape index (κ3) is 2.42. The number of carbonyl (C=O) groups is 1. The van der Waals surface area contributed by atoms with Crippen LogP contribution in [0.25, 0.3) is 11.0 Å². The summed E-state index contributed by atoms with van der Waals surface area (Å²) in [6, 6.07) is 8.10. The van der Waals surface area contributed by atoms with Crippen LogP contribution in [0.3, 0.4) is 0 Å². The molecular weight excluding hydrogens is 294 g/mol. The van der Waals surface area contributed by atoms with Crippen LogP contribution in [0.5, 0.6) is 0 Å². The number of fused-ring (bicyclic) bond motifs is 2. The second-order valence-corrected chi connectivity index (χ2v) is 5.59. The van der Waals surface area contributed by atoms with Gasteiger partial charge in [-0.1, -0.05) is 12.1 Å². The van der Waals surface area contributed by atoms with Gasteiger partial charge in [-0.15, -0.1) is 0 Å². The van der Waals surface area contributed by atoms with E-state index < -0.39 is 5.91 Å². The van der Waals surface area contributed by atoms with Gasteiger partial charge in [0, 0.05) is 19.0 Å². The highest BCUT2D eigenvalue weighted by molar-refractivity contribution is 6.02. The number of para-hydroxylation sites is 1. The highest BCUT2D eigenvalue weighted by Gasteiger charge is 2.18. The Balaban J connectivity index is 1.67.